The van der Waals surface area contributed by atoms with Gasteiger partial charge in [-0.05, 0) is 98.6 Å². The van der Waals surface area contributed by atoms with Crippen LogP contribution in [0.25, 0.3) is 0 Å². The Kier molecular flexibility index (Phi) is 8.37. The number of para-hydroxylation sites is 2. The van der Waals surface area contributed by atoms with Crippen molar-refractivity contribution < 1.29 is 19.2 Å². The summed E-state index contributed by atoms with van der Waals surface area (Å²) in [5.74, 6) is 0.598. The monoisotopic (exact) mass is 612 g/mol. The molecule has 3 aromatic carbocycles. The van der Waals surface area contributed by atoms with Crippen molar-refractivity contribution in [2.45, 2.75) is 70.6 Å². The van der Waals surface area contributed by atoms with Gasteiger partial charge in [-0.3, -0.25) is 0 Å². The van der Waals surface area contributed by atoms with Gasteiger partial charge in [0.15, 0.2) is 5.71 Å². The van der Waals surface area contributed by atoms with E-state index in [1.54, 1.807) is 0 Å². The Labute approximate surface area is 273 Å². The molecule has 0 aromatic heterocycles. The molecule has 0 radical (unpaired) electrons. The molecule has 3 aromatic rings. The van der Waals surface area contributed by atoms with Crippen LogP contribution in [0.15, 0.2) is 120 Å². The van der Waals surface area contributed by atoms with Crippen molar-refractivity contribution in [1.82, 2.24) is 0 Å². The molecule has 46 heavy (non-hydrogen) atoms. The maximum Gasteiger partial charge on any atom is 0.209 e. The summed E-state index contributed by atoms with van der Waals surface area (Å²) >= 11 is 0. The molecule has 0 bridgehead atoms. The van der Waals surface area contributed by atoms with Gasteiger partial charge in [-0.25, -0.2) is 0 Å². The predicted molar refractivity (Wildman–Crippen MR) is 185 cm³/mol. The number of hydrogen-bond donors (Lipinski definition) is 0. The first-order valence-electron chi connectivity index (χ1n) is 16.3. The SMILES string of the molecule is CN1/C(=C/C=C2\CCCC(/C=C/C3=[N+](C)c4ccccc4C3(C)C)=C2Oc2ccc(CCC(=O)[O-])cc2)C(C)(C)c2ccccc21. The Morgan fingerprint density at radius 1 is 0.891 bits per heavy atom. The second-order valence-corrected chi connectivity index (χ2v) is 13.7. The van der Waals surface area contributed by atoms with Crippen molar-refractivity contribution in [3.8, 4) is 5.75 Å². The van der Waals surface area contributed by atoms with Crippen LogP contribution in [0, 0.1) is 0 Å². The molecule has 0 saturated heterocycles. The number of carboxylic acid groups (broad SMARTS) is 1. The molecule has 5 heteroatoms. The maximum atomic E-state index is 11.0. The number of hydrogen-bond acceptors (Lipinski definition) is 4. The number of likely N-dealkylation sites (N-methyl/N-ethyl adjacent to an activating group) is 1. The van der Waals surface area contributed by atoms with Crippen LogP contribution in [0.5, 0.6) is 5.75 Å². The fourth-order valence-electron chi connectivity index (χ4n) is 7.40. The lowest BCUT2D eigenvalue weighted by molar-refractivity contribution is -0.401. The molecule has 0 amide bonds. The van der Waals surface area contributed by atoms with E-state index in [-0.39, 0.29) is 17.3 Å². The van der Waals surface area contributed by atoms with Crippen LogP contribution in [0.1, 0.15) is 70.1 Å². The lowest BCUT2D eigenvalue weighted by atomic mass is 9.81. The number of nitrogens with zero attached hydrogens (tertiary/aromatic N) is 2. The van der Waals surface area contributed by atoms with Crippen molar-refractivity contribution in [2.75, 3.05) is 19.0 Å². The number of carboxylic acids is 1. The minimum atomic E-state index is -1.04. The van der Waals surface area contributed by atoms with Gasteiger partial charge in [0.2, 0.25) is 5.69 Å². The van der Waals surface area contributed by atoms with Gasteiger partial charge >= 0.3 is 0 Å². The average Bonchev–Trinajstić information content (AvgIpc) is 3.36. The molecule has 0 atom stereocenters. The van der Waals surface area contributed by atoms with Crippen LogP contribution >= 0.6 is 0 Å². The van der Waals surface area contributed by atoms with E-state index in [2.05, 4.69) is 124 Å². The zero-order valence-electron chi connectivity index (χ0n) is 27.9. The second-order valence-electron chi connectivity index (χ2n) is 13.7. The molecule has 3 aliphatic rings. The van der Waals surface area contributed by atoms with Crippen LogP contribution in [-0.2, 0) is 22.0 Å². The van der Waals surface area contributed by atoms with Gasteiger partial charge in [-0.15, -0.1) is 0 Å². The highest BCUT2D eigenvalue weighted by molar-refractivity contribution is 6.03. The largest absolute Gasteiger partial charge is 0.550 e. The van der Waals surface area contributed by atoms with Crippen molar-refractivity contribution >= 4 is 23.1 Å². The lowest BCUT2D eigenvalue weighted by Gasteiger charge is -2.25. The van der Waals surface area contributed by atoms with E-state index in [0.29, 0.717) is 6.42 Å². The summed E-state index contributed by atoms with van der Waals surface area (Å²) in [6.45, 7) is 9.16. The standard InChI is InChI=1S/C41H44N2O3/c1-40(2)32-14-7-9-16-34(32)42(5)36(40)25-21-29-12-11-13-30(39(29)46-31-23-18-28(19-24-31)20-27-38(44)45)22-26-37-41(3,4)33-15-8-10-17-35(33)43(37)6/h7-10,14-19,21-26H,11-13,20,27H2,1-6H3. The molecule has 1 aliphatic carbocycles. The number of carbonyl (C=O) groups excluding carboxylic acids is 1. The topological polar surface area (TPSA) is 55.6 Å². The van der Waals surface area contributed by atoms with E-state index in [1.807, 2.05) is 24.3 Å². The minimum absolute atomic E-state index is 0.00398. The molecule has 6 rings (SSSR count). The molecular weight excluding hydrogens is 568 g/mol. The van der Waals surface area contributed by atoms with Gasteiger partial charge in [0, 0.05) is 47.5 Å². The molecule has 0 unspecified atom stereocenters. The summed E-state index contributed by atoms with van der Waals surface area (Å²) in [5, 5.41) is 11.0. The Morgan fingerprint density at radius 3 is 2.28 bits per heavy atom. The van der Waals surface area contributed by atoms with Gasteiger partial charge in [0.1, 0.15) is 18.6 Å². The third-order valence-electron chi connectivity index (χ3n) is 10.0. The van der Waals surface area contributed by atoms with Crippen molar-refractivity contribution in [2.24, 2.45) is 0 Å². The zero-order chi connectivity index (χ0) is 32.6. The second kappa shape index (κ2) is 12.3. The molecule has 2 heterocycles. The molecule has 5 nitrogen and oxygen atoms in total. The normalized spacial score (nSPS) is 20.2. The zero-order valence-corrected chi connectivity index (χ0v) is 27.9. The summed E-state index contributed by atoms with van der Waals surface area (Å²) in [6.07, 6.45) is 12.4. The third-order valence-corrected chi connectivity index (χ3v) is 10.0. The highest BCUT2D eigenvalue weighted by Crippen LogP contribution is 2.47. The Balaban J connectivity index is 1.39. The summed E-state index contributed by atoms with van der Waals surface area (Å²) in [5.41, 5.74) is 10.7. The van der Waals surface area contributed by atoms with Gasteiger partial charge < -0.3 is 19.5 Å². The number of anilines is 1. The van der Waals surface area contributed by atoms with Gasteiger partial charge in [-0.1, -0.05) is 68.5 Å². The highest BCUT2D eigenvalue weighted by atomic mass is 16.5. The first-order chi connectivity index (χ1) is 22.0. The summed E-state index contributed by atoms with van der Waals surface area (Å²) in [6, 6.07) is 25.0. The highest BCUT2D eigenvalue weighted by Gasteiger charge is 2.42. The fourth-order valence-corrected chi connectivity index (χ4v) is 7.40. The minimum Gasteiger partial charge on any atom is -0.550 e. The number of rotatable bonds is 8. The van der Waals surface area contributed by atoms with E-state index >= 15 is 0 Å². The van der Waals surface area contributed by atoms with Crippen LogP contribution in [-0.4, -0.2) is 30.4 Å². The first-order valence-corrected chi connectivity index (χ1v) is 16.3. The molecule has 0 N–H and O–H groups in total. The Bertz CT molecular complexity index is 1830. The van der Waals surface area contributed by atoms with E-state index in [0.717, 1.165) is 36.3 Å². The number of benzene rings is 3. The number of ether oxygens (including phenoxy) is 1. The van der Waals surface area contributed by atoms with Gasteiger partial charge in [0.25, 0.3) is 0 Å². The van der Waals surface area contributed by atoms with E-state index in [9.17, 15) is 9.90 Å². The molecule has 236 valence electrons. The number of fused-ring (bicyclic) bond motifs is 2. The number of aliphatic carboxylic acids is 1. The number of aryl methyl sites for hydroxylation is 1. The molecule has 0 fully saturated rings. The third kappa shape index (κ3) is 5.75. The smallest absolute Gasteiger partial charge is 0.209 e. The lowest BCUT2D eigenvalue weighted by Crippen LogP contribution is -2.26. The van der Waals surface area contributed by atoms with Crippen molar-refractivity contribution in [3.63, 3.8) is 0 Å². The van der Waals surface area contributed by atoms with E-state index < -0.39 is 5.97 Å². The molecular formula is C41H44N2O3. The fraction of sp³-hybridized carbons (Fsp3) is 0.317. The summed E-state index contributed by atoms with van der Waals surface area (Å²) in [7, 11) is 4.30. The average molecular weight is 613 g/mol. The van der Waals surface area contributed by atoms with Gasteiger partial charge in [0.05, 0.1) is 5.41 Å². The molecule has 0 spiro atoms. The van der Waals surface area contributed by atoms with Crippen LogP contribution in [0.3, 0.4) is 0 Å². The Morgan fingerprint density at radius 2 is 1.59 bits per heavy atom. The first kappa shape index (κ1) is 31.3. The van der Waals surface area contributed by atoms with E-state index in [1.165, 1.54) is 45.1 Å². The molecule has 0 saturated carbocycles. The molecule has 2 aliphatic heterocycles. The van der Waals surface area contributed by atoms with Crippen molar-refractivity contribution in [1.29, 1.82) is 0 Å². The Hall–Kier alpha value is -4.64. The number of carbonyl (C=O) groups is 1. The maximum absolute atomic E-state index is 11.0. The number of allylic oxidation sites excluding steroid dienone is 7. The van der Waals surface area contributed by atoms with Crippen LogP contribution < -0.4 is 14.7 Å². The van der Waals surface area contributed by atoms with Crippen molar-refractivity contribution in [3.05, 3.63) is 136 Å². The summed E-state index contributed by atoms with van der Waals surface area (Å²) in [4.78, 5) is 13.3. The van der Waals surface area contributed by atoms with Gasteiger partial charge in [-0.2, -0.15) is 4.58 Å². The summed E-state index contributed by atoms with van der Waals surface area (Å²) < 4.78 is 9.04. The quantitative estimate of drug-likeness (QED) is 0.245. The van der Waals surface area contributed by atoms with Crippen LogP contribution in [0.4, 0.5) is 11.4 Å². The van der Waals surface area contributed by atoms with E-state index in [4.69, 9.17) is 4.74 Å². The predicted octanol–water partition coefficient (Wildman–Crippen LogP) is 7.69. The van der Waals surface area contributed by atoms with Crippen LogP contribution in [0.2, 0.25) is 0 Å².